The molecule has 4 aromatic rings. The number of nitrogens with zero attached hydrogens (tertiary/aromatic N) is 3. The van der Waals surface area contributed by atoms with Crippen LogP contribution in [0.4, 0.5) is 0 Å². The number of benzene rings is 3. The van der Waals surface area contributed by atoms with Crippen LogP contribution in [0.25, 0.3) is 22.3 Å². The van der Waals surface area contributed by atoms with Gasteiger partial charge in [0, 0.05) is 35.7 Å². The number of aryl methyl sites for hydroxylation is 1. The van der Waals surface area contributed by atoms with Crippen LogP contribution >= 0.6 is 11.6 Å². The Bertz CT molecular complexity index is 1430. The highest BCUT2D eigenvalue weighted by atomic mass is 35.5. The molecule has 0 bridgehead atoms. The Kier molecular flexibility index (Phi) is 7.99. The van der Waals surface area contributed by atoms with E-state index in [4.69, 9.17) is 26.7 Å². The van der Waals surface area contributed by atoms with Gasteiger partial charge in [0.05, 0.1) is 22.4 Å². The van der Waals surface area contributed by atoms with E-state index in [0.717, 1.165) is 42.9 Å². The fourth-order valence-corrected chi connectivity index (χ4v) is 5.26. The Morgan fingerprint density at radius 3 is 2.34 bits per heavy atom. The molecule has 0 spiro atoms. The second kappa shape index (κ2) is 11.7. The number of carbonyl (C=O) groups is 2. The molecular formula is C31H30ClN3O3. The Balaban J connectivity index is 1.37. The molecule has 1 amide bonds. The van der Waals surface area contributed by atoms with Gasteiger partial charge in [-0.3, -0.25) is 9.59 Å². The summed E-state index contributed by atoms with van der Waals surface area (Å²) in [6.07, 6.45) is 3.87. The van der Waals surface area contributed by atoms with E-state index in [1.807, 2.05) is 53.4 Å². The zero-order chi connectivity index (χ0) is 26.5. The van der Waals surface area contributed by atoms with E-state index < -0.39 is 5.97 Å². The van der Waals surface area contributed by atoms with Crippen molar-refractivity contribution in [1.82, 2.24) is 14.9 Å². The number of aliphatic carboxylic acids is 1. The third kappa shape index (κ3) is 6.03. The van der Waals surface area contributed by atoms with E-state index >= 15 is 0 Å². The number of unbranched alkanes of at least 4 members (excludes halogenated alkanes) is 1. The fourth-order valence-electron chi connectivity index (χ4n) is 5.13. The number of halogens is 1. The highest BCUT2D eigenvalue weighted by molar-refractivity contribution is 6.30. The van der Waals surface area contributed by atoms with Crippen LogP contribution in [0.2, 0.25) is 5.02 Å². The largest absolute Gasteiger partial charge is 0.481 e. The summed E-state index contributed by atoms with van der Waals surface area (Å²) in [6.45, 7) is 1.46. The highest BCUT2D eigenvalue weighted by Gasteiger charge is 2.25. The van der Waals surface area contributed by atoms with Crippen LogP contribution in [0.1, 0.15) is 59.6 Å². The number of fused-ring (bicyclic) bond motifs is 1. The minimum atomic E-state index is -0.802. The number of likely N-dealkylation sites (tertiary alicyclic amines) is 1. The molecule has 1 fully saturated rings. The van der Waals surface area contributed by atoms with Crippen LogP contribution in [0.5, 0.6) is 0 Å². The lowest BCUT2D eigenvalue weighted by atomic mass is 9.89. The van der Waals surface area contributed by atoms with Gasteiger partial charge in [0.15, 0.2) is 0 Å². The summed E-state index contributed by atoms with van der Waals surface area (Å²) in [6, 6.07) is 23.5. The van der Waals surface area contributed by atoms with Crippen LogP contribution in [0, 0.1) is 0 Å². The second-order valence-corrected chi connectivity index (χ2v) is 10.2. The maximum Gasteiger partial charge on any atom is 0.303 e. The van der Waals surface area contributed by atoms with Crippen LogP contribution < -0.4 is 0 Å². The number of carboxylic acid groups (broad SMARTS) is 1. The summed E-state index contributed by atoms with van der Waals surface area (Å²) in [7, 11) is 0. The molecule has 1 aliphatic rings. The minimum Gasteiger partial charge on any atom is -0.481 e. The summed E-state index contributed by atoms with van der Waals surface area (Å²) in [5, 5.41) is 9.64. The number of hydrogen-bond donors (Lipinski definition) is 1. The zero-order valence-corrected chi connectivity index (χ0v) is 21.9. The van der Waals surface area contributed by atoms with Gasteiger partial charge in [0.2, 0.25) is 0 Å². The Morgan fingerprint density at radius 1 is 0.895 bits per heavy atom. The van der Waals surface area contributed by atoms with Gasteiger partial charge in [-0.05, 0) is 73.9 Å². The third-order valence-corrected chi connectivity index (χ3v) is 7.46. The van der Waals surface area contributed by atoms with Gasteiger partial charge in [0.25, 0.3) is 5.91 Å². The molecule has 2 heterocycles. The Morgan fingerprint density at radius 2 is 1.63 bits per heavy atom. The molecule has 0 unspecified atom stereocenters. The normalized spacial score (nSPS) is 14.1. The lowest BCUT2D eigenvalue weighted by Gasteiger charge is -2.32. The second-order valence-electron chi connectivity index (χ2n) is 9.81. The number of carbonyl (C=O) groups excluding carboxylic acids is 1. The molecule has 1 aromatic heterocycles. The van der Waals surface area contributed by atoms with Gasteiger partial charge in [-0.25, -0.2) is 9.97 Å². The first-order valence-corrected chi connectivity index (χ1v) is 13.5. The molecule has 3 aromatic carbocycles. The smallest absolute Gasteiger partial charge is 0.303 e. The van der Waals surface area contributed by atoms with Crippen LogP contribution in [0.15, 0.2) is 72.8 Å². The number of carboxylic acids is 1. The van der Waals surface area contributed by atoms with Crippen molar-refractivity contribution >= 4 is 34.5 Å². The molecule has 1 N–H and O–H groups in total. The van der Waals surface area contributed by atoms with Crippen molar-refractivity contribution in [2.45, 2.75) is 44.4 Å². The molecule has 0 atom stereocenters. The van der Waals surface area contributed by atoms with Crippen molar-refractivity contribution < 1.29 is 14.7 Å². The fraction of sp³-hybridized carbons (Fsp3) is 0.290. The summed E-state index contributed by atoms with van der Waals surface area (Å²) in [5.41, 5.74) is 5.78. The number of rotatable bonds is 8. The first-order valence-electron chi connectivity index (χ1n) is 13.1. The van der Waals surface area contributed by atoms with Crippen molar-refractivity contribution in [1.29, 1.82) is 0 Å². The Hall–Kier alpha value is -3.77. The van der Waals surface area contributed by atoms with Gasteiger partial charge in [-0.1, -0.05) is 54.1 Å². The van der Waals surface area contributed by atoms with E-state index in [1.165, 1.54) is 5.56 Å². The van der Waals surface area contributed by atoms with Crippen molar-refractivity contribution in [3.63, 3.8) is 0 Å². The molecule has 0 radical (unpaired) electrons. The number of hydrogen-bond acceptors (Lipinski definition) is 4. The van der Waals surface area contributed by atoms with Crippen LogP contribution in [-0.4, -0.2) is 44.9 Å². The average molecular weight is 528 g/mol. The summed E-state index contributed by atoms with van der Waals surface area (Å²) in [5.74, 6) is -0.300. The first kappa shape index (κ1) is 25.9. The highest BCUT2D eigenvalue weighted by Crippen LogP contribution is 2.30. The number of aromatic nitrogens is 2. The van der Waals surface area contributed by atoms with Crippen LogP contribution in [-0.2, 0) is 11.2 Å². The molecular weight excluding hydrogens is 498 g/mol. The summed E-state index contributed by atoms with van der Waals surface area (Å²) < 4.78 is 0. The monoisotopic (exact) mass is 527 g/mol. The molecule has 1 aliphatic heterocycles. The van der Waals surface area contributed by atoms with Gasteiger partial charge in [-0.2, -0.15) is 0 Å². The molecule has 6 nitrogen and oxygen atoms in total. The van der Waals surface area contributed by atoms with E-state index in [0.29, 0.717) is 46.8 Å². The van der Waals surface area contributed by atoms with Crippen LogP contribution in [0.3, 0.4) is 0 Å². The molecule has 194 valence electrons. The first-order chi connectivity index (χ1) is 18.5. The van der Waals surface area contributed by atoms with Crippen molar-refractivity contribution in [2.24, 2.45) is 0 Å². The predicted octanol–water partition coefficient (Wildman–Crippen LogP) is 6.77. The van der Waals surface area contributed by atoms with E-state index in [9.17, 15) is 9.59 Å². The molecule has 0 aliphatic carbocycles. The molecule has 0 saturated carbocycles. The van der Waals surface area contributed by atoms with E-state index in [2.05, 4.69) is 24.3 Å². The quantitative estimate of drug-likeness (QED) is 0.256. The lowest BCUT2D eigenvalue weighted by molar-refractivity contribution is -0.137. The standard InChI is InChI=1S/C31H30ClN3O3/c32-25-13-10-23(11-14-25)30-27(8-4-5-9-29(36)37)33-28-20-24(12-15-26(28)34-30)31(38)35-18-16-22(17-19-35)21-6-2-1-3-7-21/h1-3,6-7,10-15,20,22H,4-5,8-9,16-19H2,(H,36,37). The van der Waals surface area contributed by atoms with Gasteiger partial charge < -0.3 is 10.0 Å². The van der Waals surface area contributed by atoms with Crippen molar-refractivity contribution in [2.75, 3.05) is 13.1 Å². The predicted molar refractivity (Wildman–Crippen MR) is 149 cm³/mol. The molecule has 7 heteroatoms. The van der Waals surface area contributed by atoms with E-state index in [1.54, 1.807) is 0 Å². The summed E-state index contributed by atoms with van der Waals surface area (Å²) in [4.78, 5) is 36.1. The number of amides is 1. The molecule has 5 rings (SSSR count). The van der Waals surface area contributed by atoms with Gasteiger partial charge in [0.1, 0.15) is 0 Å². The average Bonchev–Trinajstić information content (AvgIpc) is 2.95. The topological polar surface area (TPSA) is 83.4 Å². The summed E-state index contributed by atoms with van der Waals surface area (Å²) >= 11 is 6.09. The third-order valence-electron chi connectivity index (χ3n) is 7.21. The van der Waals surface area contributed by atoms with E-state index in [-0.39, 0.29) is 12.3 Å². The zero-order valence-electron chi connectivity index (χ0n) is 21.1. The van der Waals surface area contributed by atoms with Crippen molar-refractivity contribution in [3.05, 3.63) is 94.6 Å². The maximum atomic E-state index is 13.4. The maximum absolute atomic E-state index is 13.4. The minimum absolute atomic E-state index is 0.0185. The number of piperidine rings is 1. The Labute approximate surface area is 227 Å². The SMILES string of the molecule is O=C(O)CCCCc1nc2cc(C(=O)N3CCC(c4ccccc4)CC3)ccc2nc1-c1ccc(Cl)cc1. The van der Waals surface area contributed by atoms with Gasteiger partial charge >= 0.3 is 5.97 Å². The molecule has 38 heavy (non-hydrogen) atoms. The lowest BCUT2D eigenvalue weighted by Crippen LogP contribution is -2.37. The van der Waals surface area contributed by atoms with Gasteiger partial charge in [-0.15, -0.1) is 0 Å². The molecule has 1 saturated heterocycles. The van der Waals surface area contributed by atoms with Crippen molar-refractivity contribution in [3.8, 4) is 11.3 Å².